The first-order valence-corrected chi connectivity index (χ1v) is 14.1. The zero-order valence-electron chi connectivity index (χ0n) is 20.9. The second-order valence-corrected chi connectivity index (χ2v) is 10.6. The summed E-state index contributed by atoms with van der Waals surface area (Å²) in [7, 11) is 0. The normalized spacial score (nSPS) is 12.6. The maximum Gasteiger partial charge on any atom is 0.243 e. The fourth-order valence-corrected chi connectivity index (χ4v) is 5.21. The van der Waals surface area contributed by atoms with Crippen LogP contribution in [0.25, 0.3) is 0 Å². The van der Waals surface area contributed by atoms with Gasteiger partial charge < -0.3 is 10.2 Å². The number of thioether (sulfide) groups is 1. The molecule has 0 fully saturated rings. The van der Waals surface area contributed by atoms with E-state index in [1.54, 1.807) is 41.3 Å². The Labute approximate surface area is 232 Å². The highest BCUT2D eigenvalue weighted by molar-refractivity contribution is 7.99. The van der Waals surface area contributed by atoms with Crippen LogP contribution in [-0.4, -0.2) is 34.6 Å². The topological polar surface area (TPSA) is 49.4 Å². The molecule has 196 valence electrons. The molecule has 0 aromatic heterocycles. The van der Waals surface area contributed by atoms with E-state index in [1.165, 1.54) is 17.8 Å². The van der Waals surface area contributed by atoms with Crippen molar-refractivity contribution >= 4 is 46.8 Å². The highest BCUT2D eigenvalue weighted by atomic mass is 35.5. The summed E-state index contributed by atoms with van der Waals surface area (Å²) in [4.78, 5) is 28.8. The molecule has 8 heteroatoms. The third-order valence-corrected chi connectivity index (χ3v) is 7.78. The van der Waals surface area contributed by atoms with E-state index < -0.39 is 6.04 Å². The number of hydrogen-bond donors (Lipinski definition) is 1. The predicted molar refractivity (Wildman–Crippen MR) is 151 cm³/mol. The molecule has 3 aromatic carbocycles. The number of nitrogens with zero attached hydrogens (tertiary/aromatic N) is 1. The summed E-state index contributed by atoms with van der Waals surface area (Å²) in [5.74, 6) is -0.400. The summed E-state index contributed by atoms with van der Waals surface area (Å²) < 4.78 is 14.1. The number of rotatable bonds is 12. The lowest BCUT2D eigenvalue weighted by atomic mass is 10.0. The van der Waals surface area contributed by atoms with Gasteiger partial charge in [-0.1, -0.05) is 84.7 Å². The van der Waals surface area contributed by atoms with E-state index in [9.17, 15) is 14.0 Å². The first kappa shape index (κ1) is 29.0. The van der Waals surface area contributed by atoms with E-state index in [2.05, 4.69) is 5.32 Å². The first-order valence-electron chi connectivity index (χ1n) is 12.2. The van der Waals surface area contributed by atoms with Crippen molar-refractivity contribution in [3.63, 3.8) is 0 Å². The molecule has 0 unspecified atom stereocenters. The van der Waals surface area contributed by atoms with Crippen LogP contribution in [0.3, 0.4) is 0 Å². The molecule has 0 aliphatic heterocycles. The molecule has 2 atom stereocenters. The van der Waals surface area contributed by atoms with E-state index in [0.717, 1.165) is 12.0 Å². The summed E-state index contributed by atoms with van der Waals surface area (Å²) >= 11 is 14.2. The summed E-state index contributed by atoms with van der Waals surface area (Å²) in [5, 5.41) is 3.88. The fraction of sp³-hybridized carbons (Fsp3) is 0.310. The predicted octanol–water partition coefficient (Wildman–Crippen LogP) is 6.92. The minimum absolute atomic E-state index is 0.0537. The van der Waals surface area contributed by atoms with E-state index in [0.29, 0.717) is 33.3 Å². The number of carbonyl (C=O) groups is 2. The number of amides is 2. The molecule has 2 amide bonds. The van der Waals surface area contributed by atoms with Gasteiger partial charge in [-0.15, -0.1) is 11.8 Å². The second-order valence-electron chi connectivity index (χ2n) is 8.83. The van der Waals surface area contributed by atoms with Gasteiger partial charge in [-0.3, -0.25) is 9.59 Å². The second kappa shape index (κ2) is 14.4. The lowest BCUT2D eigenvalue weighted by Gasteiger charge is -2.32. The smallest absolute Gasteiger partial charge is 0.243 e. The van der Waals surface area contributed by atoms with Crippen LogP contribution in [0.4, 0.5) is 4.39 Å². The molecule has 0 saturated heterocycles. The maximum absolute atomic E-state index is 14.1. The van der Waals surface area contributed by atoms with Crippen LogP contribution in [-0.2, 0) is 28.3 Å². The monoisotopic (exact) mass is 560 g/mol. The number of benzene rings is 3. The van der Waals surface area contributed by atoms with Gasteiger partial charge in [0.25, 0.3) is 0 Å². The zero-order chi connectivity index (χ0) is 26.8. The Bertz CT molecular complexity index is 1180. The Hall–Kier alpha value is -2.54. The molecule has 0 aliphatic carbocycles. The van der Waals surface area contributed by atoms with Crippen molar-refractivity contribution in [2.75, 3.05) is 5.75 Å². The van der Waals surface area contributed by atoms with Crippen molar-refractivity contribution in [3.05, 3.63) is 105 Å². The maximum atomic E-state index is 14.1. The Kier molecular flexibility index (Phi) is 11.3. The standard InChI is InChI=1S/C29H31Cl2FN2O2S/c1-3-20(2)33-29(36)27(16-21-10-5-4-6-11-21)34(17-23-24(30)13-9-14-25(23)31)28(35)19-37-18-22-12-7-8-15-26(22)32/h4-15,20,27H,3,16-19H2,1-2H3,(H,33,36)/t20-,27-/m1/s1. The van der Waals surface area contributed by atoms with Crippen LogP contribution in [0.1, 0.15) is 37.0 Å². The van der Waals surface area contributed by atoms with Crippen molar-refractivity contribution in [2.24, 2.45) is 0 Å². The molecule has 0 radical (unpaired) electrons. The van der Waals surface area contributed by atoms with E-state index in [4.69, 9.17) is 23.2 Å². The zero-order valence-corrected chi connectivity index (χ0v) is 23.3. The third kappa shape index (κ3) is 8.49. The minimum atomic E-state index is -0.787. The quantitative estimate of drug-likeness (QED) is 0.261. The molecular weight excluding hydrogens is 530 g/mol. The lowest BCUT2D eigenvalue weighted by Crippen LogP contribution is -2.52. The molecule has 0 aliphatic rings. The van der Waals surface area contributed by atoms with Crippen LogP contribution in [0, 0.1) is 5.82 Å². The van der Waals surface area contributed by atoms with Gasteiger partial charge in [0, 0.05) is 40.4 Å². The van der Waals surface area contributed by atoms with Crippen LogP contribution in [0.2, 0.25) is 10.0 Å². The molecular formula is C29H31Cl2FN2O2S. The molecule has 37 heavy (non-hydrogen) atoms. The molecule has 0 bridgehead atoms. The molecule has 3 aromatic rings. The summed E-state index contributed by atoms with van der Waals surface area (Å²) in [5.41, 5.74) is 2.03. The summed E-state index contributed by atoms with van der Waals surface area (Å²) in [6.45, 7) is 3.99. The number of hydrogen-bond acceptors (Lipinski definition) is 3. The van der Waals surface area contributed by atoms with E-state index in [-0.39, 0.29) is 36.0 Å². The molecule has 0 heterocycles. The van der Waals surface area contributed by atoms with Gasteiger partial charge in [0.1, 0.15) is 11.9 Å². The van der Waals surface area contributed by atoms with Crippen LogP contribution in [0.15, 0.2) is 72.8 Å². The van der Waals surface area contributed by atoms with Crippen molar-refractivity contribution in [1.29, 1.82) is 0 Å². The van der Waals surface area contributed by atoms with Gasteiger partial charge in [-0.25, -0.2) is 4.39 Å². The Morgan fingerprint density at radius 2 is 1.62 bits per heavy atom. The van der Waals surface area contributed by atoms with Crippen molar-refractivity contribution < 1.29 is 14.0 Å². The van der Waals surface area contributed by atoms with Crippen molar-refractivity contribution in [2.45, 2.75) is 51.1 Å². The van der Waals surface area contributed by atoms with Gasteiger partial charge in [-0.2, -0.15) is 0 Å². The van der Waals surface area contributed by atoms with Gasteiger partial charge in [0.05, 0.1) is 5.75 Å². The van der Waals surface area contributed by atoms with Gasteiger partial charge in [-0.05, 0) is 42.7 Å². The number of carbonyl (C=O) groups excluding carboxylic acids is 2. The first-order chi connectivity index (χ1) is 17.8. The van der Waals surface area contributed by atoms with E-state index >= 15 is 0 Å². The Morgan fingerprint density at radius 3 is 2.27 bits per heavy atom. The molecule has 4 nitrogen and oxygen atoms in total. The van der Waals surface area contributed by atoms with Crippen LogP contribution < -0.4 is 5.32 Å². The Morgan fingerprint density at radius 1 is 0.973 bits per heavy atom. The average molecular weight is 562 g/mol. The number of halogens is 3. The minimum Gasteiger partial charge on any atom is -0.352 e. The van der Waals surface area contributed by atoms with Crippen LogP contribution >= 0.6 is 35.0 Å². The highest BCUT2D eigenvalue weighted by Gasteiger charge is 2.31. The largest absolute Gasteiger partial charge is 0.352 e. The fourth-order valence-electron chi connectivity index (χ4n) is 3.80. The SMILES string of the molecule is CC[C@@H](C)NC(=O)[C@@H](Cc1ccccc1)N(Cc1c(Cl)cccc1Cl)C(=O)CSCc1ccccc1F. The van der Waals surface area contributed by atoms with Crippen molar-refractivity contribution in [1.82, 2.24) is 10.2 Å². The average Bonchev–Trinajstić information content (AvgIpc) is 2.89. The Balaban J connectivity index is 1.91. The van der Waals surface area contributed by atoms with Crippen molar-refractivity contribution in [3.8, 4) is 0 Å². The molecule has 1 N–H and O–H groups in total. The highest BCUT2D eigenvalue weighted by Crippen LogP contribution is 2.28. The van der Waals surface area contributed by atoms with Gasteiger partial charge >= 0.3 is 0 Å². The summed E-state index contributed by atoms with van der Waals surface area (Å²) in [6, 6.07) is 20.4. The number of nitrogens with one attached hydrogen (secondary N) is 1. The lowest BCUT2D eigenvalue weighted by molar-refractivity contribution is -0.139. The van der Waals surface area contributed by atoms with Gasteiger partial charge in [0.2, 0.25) is 11.8 Å². The molecule has 3 rings (SSSR count). The van der Waals surface area contributed by atoms with Gasteiger partial charge in [0.15, 0.2) is 0 Å². The van der Waals surface area contributed by atoms with Crippen LogP contribution in [0.5, 0.6) is 0 Å². The van der Waals surface area contributed by atoms with E-state index in [1.807, 2.05) is 44.2 Å². The summed E-state index contributed by atoms with van der Waals surface area (Å²) in [6.07, 6.45) is 1.08. The molecule has 0 spiro atoms. The third-order valence-electron chi connectivity index (χ3n) is 6.10. The molecule has 0 saturated carbocycles.